The van der Waals surface area contributed by atoms with E-state index in [1.54, 1.807) is 12.5 Å². The standard InChI is InChI=1S/C15H17NO3/c1-12-2-4-14(5-3-12)19-11-15(17)16-8-6-13-7-9-18-10-13/h2-5,7,9-10H,6,8,11H2,1H3,(H,16,17). The first kappa shape index (κ1) is 13.2. The zero-order chi connectivity index (χ0) is 13.5. The van der Waals surface area contributed by atoms with Gasteiger partial charge in [-0.3, -0.25) is 4.79 Å². The van der Waals surface area contributed by atoms with Gasteiger partial charge in [-0.25, -0.2) is 0 Å². The van der Waals surface area contributed by atoms with Crippen molar-refractivity contribution in [1.82, 2.24) is 5.32 Å². The predicted octanol–water partition coefficient (Wildman–Crippen LogP) is 2.33. The van der Waals surface area contributed by atoms with Crippen LogP contribution in [0, 0.1) is 6.92 Å². The number of carbonyl (C=O) groups excluding carboxylic acids is 1. The second kappa shape index (κ2) is 6.64. The van der Waals surface area contributed by atoms with Crippen molar-refractivity contribution in [1.29, 1.82) is 0 Å². The van der Waals surface area contributed by atoms with Gasteiger partial charge in [-0.2, -0.15) is 0 Å². The van der Waals surface area contributed by atoms with Crippen LogP contribution < -0.4 is 10.1 Å². The Labute approximate surface area is 112 Å². The summed E-state index contributed by atoms with van der Waals surface area (Å²) in [6, 6.07) is 9.50. The molecule has 0 saturated carbocycles. The third kappa shape index (κ3) is 4.50. The van der Waals surface area contributed by atoms with Crippen molar-refractivity contribution in [2.75, 3.05) is 13.2 Å². The molecule has 0 fully saturated rings. The fourth-order valence-electron chi connectivity index (χ4n) is 1.62. The Bertz CT molecular complexity index is 503. The quantitative estimate of drug-likeness (QED) is 0.866. The normalized spacial score (nSPS) is 10.2. The van der Waals surface area contributed by atoms with Gasteiger partial charge in [-0.1, -0.05) is 17.7 Å². The maximum atomic E-state index is 11.6. The third-order valence-corrected chi connectivity index (χ3v) is 2.71. The zero-order valence-corrected chi connectivity index (χ0v) is 10.9. The molecular weight excluding hydrogens is 242 g/mol. The van der Waals surface area contributed by atoms with Gasteiger partial charge in [-0.05, 0) is 37.1 Å². The molecule has 1 amide bonds. The molecule has 100 valence electrons. The molecule has 0 aliphatic rings. The highest BCUT2D eigenvalue weighted by Gasteiger charge is 2.02. The summed E-state index contributed by atoms with van der Waals surface area (Å²) < 4.78 is 10.3. The van der Waals surface area contributed by atoms with Crippen LogP contribution in [0.4, 0.5) is 0 Å². The molecular formula is C15H17NO3. The van der Waals surface area contributed by atoms with Gasteiger partial charge in [-0.15, -0.1) is 0 Å². The number of amides is 1. The van der Waals surface area contributed by atoms with E-state index in [0.29, 0.717) is 12.3 Å². The fourth-order valence-corrected chi connectivity index (χ4v) is 1.62. The average Bonchev–Trinajstić information content (AvgIpc) is 2.91. The molecule has 0 atom stereocenters. The van der Waals surface area contributed by atoms with Crippen LogP contribution in [0.15, 0.2) is 47.3 Å². The van der Waals surface area contributed by atoms with Crippen molar-refractivity contribution in [2.45, 2.75) is 13.3 Å². The van der Waals surface area contributed by atoms with Gasteiger partial charge < -0.3 is 14.5 Å². The first-order chi connectivity index (χ1) is 9.24. The van der Waals surface area contributed by atoms with Crippen LogP contribution in [-0.4, -0.2) is 19.1 Å². The average molecular weight is 259 g/mol. The Kier molecular flexibility index (Phi) is 4.61. The molecule has 2 aromatic rings. The third-order valence-electron chi connectivity index (χ3n) is 2.71. The smallest absolute Gasteiger partial charge is 0.257 e. The summed E-state index contributed by atoms with van der Waals surface area (Å²) in [4.78, 5) is 11.6. The summed E-state index contributed by atoms with van der Waals surface area (Å²) in [6.07, 6.45) is 4.05. The van der Waals surface area contributed by atoms with E-state index in [2.05, 4.69) is 5.32 Å². The lowest BCUT2D eigenvalue weighted by atomic mass is 10.2. The van der Waals surface area contributed by atoms with Crippen molar-refractivity contribution >= 4 is 5.91 Å². The number of nitrogens with one attached hydrogen (secondary N) is 1. The molecule has 1 aromatic carbocycles. The molecule has 19 heavy (non-hydrogen) atoms. The molecule has 1 heterocycles. The number of rotatable bonds is 6. The summed E-state index contributed by atoms with van der Waals surface area (Å²) in [6.45, 7) is 2.62. The van der Waals surface area contributed by atoms with Crippen LogP contribution in [0.2, 0.25) is 0 Å². The van der Waals surface area contributed by atoms with E-state index in [1.165, 1.54) is 0 Å². The number of ether oxygens (including phenoxy) is 1. The maximum absolute atomic E-state index is 11.6. The van der Waals surface area contributed by atoms with Crippen LogP contribution in [0.3, 0.4) is 0 Å². The molecule has 4 heteroatoms. The lowest BCUT2D eigenvalue weighted by molar-refractivity contribution is -0.123. The Balaban J connectivity index is 1.65. The molecule has 0 aliphatic heterocycles. The minimum Gasteiger partial charge on any atom is -0.484 e. The van der Waals surface area contributed by atoms with Crippen LogP contribution in [0.5, 0.6) is 5.75 Å². The number of furan rings is 1. The van der Waals surface area contributed by atoms with E-state index in [9.17, 15) is 4.79 Å². The SMILES string of the molecule is Cc1ccc(OCC(=O)NCCc2ccoc2)cc1. The summed E-state index contributed by atoms with van der Waals surface area (Å²) in [5, 5.41) is 2.80. The Morgan fingerprint density at radius 3 is 2.74 bits per heavy atom. The Morgan fingerprint density at radius 1 is 1.26 bits per heavy atom. The second-order valence-electron chi connectivity index (χ2n) is 4.33. The molecule has 1 aromatic heterocycles. The fraction of sp³-hybridized carbons (Fsp3) is 0.267. The van der Waals surface area contributed by atoms with Crippen LogP contribution in [0.25, 0.3) is 0 Å². The summed E-state index contributed by atoms with van der Waals surface area (Å²) in [5.74, 6) is 0.583. The highest BCUT2D eigenvalue weighted by Crippen LogP contribution is 2.10. The predicted molar refractivity (Wildman–Crippen MR) is 72.1 cm³/mol. The largest absolute Gasteiger partial charge is 0.484 e. The van der Waals surface area contributed by atoms with Crippen molar-refractivity contribution in [3.8, 4) is 5.75 Å². The van der Waals surface area contributed by atoms with Gasteiger partial charge in [0.2, 0.25) is 0 Å². The van der Waals surface area contributed by atoms with Gasteiger partial charge in [0, 0.05) is 6.54 Å². The van der Waals surface area contributed by atoms with Crippen molar-refractivity contribution in [2.24, 2.45) is 0 Å². The van der Waals surface area contributed by atoms with E-state index in [1.807, 2.05) is 37.3 Å². The van der Waals surface area contributed by atoms with Gasteiger partial charge in [0.05, 0.1) is 12.5 Å². The molecule has 0 bridgehead atoms. The first-order valence-electron chi connectivity index (χ1n) is 6.21. The Morgan fingerprint density at radius 2 is 2.05 bits per heavy atom. The summed E-state index contributed by atoms with van der Waals surface area (Å²) in [7, 11) is 0. The van der Waals surface area contributed by atoms with Crippen molar-refractivity contribution < 1.29 is 13.9 Å². The topological polar surface area (TPSA) is 51.5 Å². The van der Waals surface area contributed by atoms with Gasteiger partial charge in [0.15, 0.2) is 6.61 Å². The molecule has 0 unspecified atom stereocenters. The lowest BCUT2D eigenvalue weighted by Crippen LogP contribution is -2.30. The molecule has 4 nitrogen and oxygen atoms in total. The van der Waals surface area contributed by atoms with Crippen LogP contribution >= 0.6 is 0 Å². The second-order valence-corrected chi connectivity index (χ2v) is 4.33. The minimum absolute atomic E-state index is 0.0362. The molecule has 0 spiro atoms. The number of hydrogen-bond acceptors (Lipinski definition) is 3. The van der Waals surface area contributed by atoms with E-state index in [4.69, 9.17) is 9.15 Å². The van der Waals surface area contributed by atoms with Crippen molar-refractivity contribution in [3.05, 3.63) is 54.0 Å². The summed E-state index contributed by atoms with van der Waals surface area (Å²) >= 11 is 0. The van der Waals surface area contributed by atoms with Gasteiger partial charge in [0.25, 0.3) is 5.91 Å². The van der Waals surface area contributed by atoms with Gasteiger partial charge >= 0.3 is 0 Å². The van der Waals surface area contributed by atoms with Crippen LogP contribution in [0.1, 0.15) is 11.1 Å². The number of carbonyl (C=O) groups is 1. The highest BCUT2D eigenvalue weighted by molar-refractivity contribution is 5.77. The molecule has 0 radical (unpaired) electrons. The highest BCUT2D eigenvalue weighted by atomic mass is 16.5. The molecule has 1 N–H and O–H groups in total. The number of aryl methyl sites for hydroxylation is 1. The van der Waals surface area contributed by atoms with E-state index in [-0.39, 0.29) is 12.5 Å². The maximum Gasteiger partial charge on any atom is 0.257 e. The minimum atomic E-state index is -0.121. The molecule has 2 rings (SSSR count). The number of hydrogen-bond donors (Lipinski definition) is 1. The summed E-state index contributed by atoms with van der Waals surface area (Å²) in [5.41, 5.74) is 2.23. The molecule has 0 aliphatic carbocycles. The van der Waals surface area contributed by atoms with E-state index >= 15 is 0 Å². The first-order valence-corrected chi connectivity index (χ1v) is 6.21. The number of benzene rings is 1. The zero-order valence-electron chi connectivity index (χ0n) is 10.9. The molecule has 0 saturated heterocycles. The Hall–Kier alpha value is -2.23. The van der Waals surface area contributed by atoms with E-state index in [0.717, 1.165) is 17.5 Å². The monoisotopic (exact) mass is 259 g/mol. The lowest BCUT2D eigenvalue weighted by Gasteiger charge is -2.07. The van der Waals surface area contributed by atoms with Crippen molar-refractivity contribution in [3.63, 3.8) is 0 Å². The van der Waals surface area contributed by atoms with E-state index < -0.39 is 0 Å². The van der Waals surface area contributed by atoms with Gasteiger partial charge in [0.1, 0.15) is 5.75 Å². The van der Waals surface area contributed by atoms with Crippen LogP contribution in [-0.2, 0) is 11.2 Å².